The molecule has 1 unspecified atom stereocenters. The number of aliphatic hydroxyl groups excluding tert-OH is 1. The molecule has 0 saturated carbocycles. The second-order valence-electron chi connectivity index (χ2n) is 13.1. The zero-order chi connectivity index (χ0) is 31.8. The van der Waals surface area contributed by atoms with Crippen LogP contribution in [-0.2, 0) is 25.2 Å². The summed E-state index contributed by atoms with van der Waals surface area (Å²) in [5, 5.41) is 13.6. The molecule has 1 fully saturated rings. The van der Waals surface area contributed by atoms with E-state index < -0.39 is 26.3 Å². The largest absolute Gasteiger partial charge is 0.497 e. The topological polar surface area (TPSA) is 66.4 Å². The van der Waals surface area contributed by atoms with Gasteiger partial charge in [-0.3, -0.25) is 0 Å². The van der Waals surface area contributed by atoms with Gasteiger partial charge in [0.1, 0.15) is 18.0 Å². The molecule has 44 heavy (non-hydrogen) atoms. The first-order valence-electron chi connectivity index (χ1n) is 15.6. The lowest BCUT2D eigenvalue weighted by Gasteiger charge is -2.43. The fraction of sp³-hybridized carbons (Fsp3) is 0.459. The Hall–Kier alpha value is -2.78. The highest BCUT2D eigenvalue weighted by Gasteiger charge is 2.51. The van der Waals surface area contributed by atoms with E-state index in [1.54, 1.807) is 13.2 Å². The molecule has 6 nitrogen and oxygen atoms in total. The molecular weight excluding hydrogens is 568 g/mol. The minimum absolute atomic E-state index is 0.00612. The average molecular weight is 619 g/mol. The van der Waals surface area contributed by atoms with Crippen molar-refractivity contribution in [2.75, 3.05) is 13.7 Å². The molecule has 1 aliphatic heterocycles. The molecule has 7 heteroatoms. The van der Waals surface area contributed by atoms with Gasteiger partial charge in [-0.25, -0.2) is 0 Å². The summed E-state index contributed by atoms with van der Waals surface area (Å²) in [6.45, 7) is 13.7. The fourth-order valence-electron chi connectivity index (χ4n) is 6.01. The molecule has 0 spiro atoms. The van der Waals surface area contributed by atoms with Crippen LogP contribution in [-0.4, -0.2) is 57.3 Å². The van der Waals surface area contributed by atoms with Crippen molar-refractivity contribution in [3.63, 3.8) is 0 Å². The molecule has 0 bridgehead atoms. The second-order valence-corrected chi connectivity index (χ2v) is 17.4. The van der Waals surface area contributed by atoms with Crippen LogP contribution in [0, 0.1) is 0 Å². The number of aliphatic hydroxyl groups is 1. The molecule has 3 aromatic carbocycles. The van der Waals surface area contributed by atoms with Gasteiger partial charge in [0.15, 0.2) is 5.79 Å². The highest BCUT2D eigenvalue weighted by Crippen LogP contribution is 2.38. The van der Waals surface area contributed by atoms with Crippen LogP contribution in [0.2, 0.25) is 5.04 Å². The second kappa shape index (κ2) is 15.0. The first kappa shape index (κ1) is 34.1. The summed E-state index contributed by atoms with van der Waals surface area (Å²) in [6, 6.07) is 29.1. The van der Waals surface area contributed by atoms with Crippen LogP contribution < -0.4 is 15.1 Å². The minimum Gasteiger partial charge on any atom is -0.497 e. The lowest BCUT2D eigenvalue weighted by Crippen LogP contribution is -2.66. The summed E-state index contributed by atoms with van der Waals surface area (Å²) in [6.07, 6.45) is 3.41. The fourth-order valence-corrected chi connectivity index (χ4v) is 10.6. The summed E-state index contributed by atoms with van der Waals surface area (Å²) >= 11 is 0. The van der Waals surface area contributed by atoms with E-state index in [0.29, 0.717) is 26.1 Å². The maximum absolute atomic E-state index is 11.2. The minimum atomic E-state index is -2.67. The van der Waals surface area contributed by atoms with Gasteiger partial charge in [-0.2, -0.15) is 0 Å². The predicted octanol–water partition coefficient (Wildman–Crippen LogP) is 6.39. The van der Waals surface area contributed by atoms with E-state index in [1.165, 1.54) is 10.4 Å². The molecular formula is C37H50O6Si. The Morgan fingerprint density at radius 2 is 1.50 bits per heavy atom. The Kier molecular flexibility index (Phi) is 11.6. The number of benzene rings is 3. The number of methoxy groups -OCH3 is 1. The molecule has 1 N–H and O–H groups in total. The lowest BCUT2D eigenvalue weighted by atomic mass is 10.0. The first-order valence-corrected chi connectivity index (χ1v) is 17.6. The highest BCUT2D eigenvalue weighted by atomic mass is 28.4. The summed E-state index contributed by atoms with van der Waals surface area (Å²) in [4.78, 5) is 0. The van der Waals surface area contributed by atoms with Gasteiger partial charge >= 0.3 is 0 Å². The van der Waals surface area contributed by atoms with E-state index >= 15 is 0 Å². The number of hydrogen-bond acceptors (Lipinski definition) is 6. The molecule has 0 radical (unpaired) electrons. The van der Waals surface area contributed by atoms with Crippen LogP contribution in [0.1, 0.15) is 59.9 Å². The number of rotatable bonds is 14. The maximum Gasteiger partial charge on any atom is 0.261 e. The highest BCUT2D eigenvalue weighted by molar-refractivity contribution is 6.99. The summed E-state index contributed by atoms with van der Waals surface area (Å²) < 4.78 is 30.8. The van der Waals surface area contributed by atoms with Gasteiger partial charge in [-0.15, -0.1) is 0 Å². The quantitative estimate of drug-likeness (QED) is 0.167. The molecule has 0 aromatic heterocycles. The molecule has 238 valence electrons. The molecule has 0 aliphatic carbocycles. The van der Waals surface area contributed by atoms with Crippen molar-refractivity contribution in [3.8, 4) is 5.75 Å². The van der Waals surface area contributed by atoms with E-state index in [0.717, 1.165) is 11.3 Å². The summed E-state index contributed by atoms with van der Waals surface area (Å²) in [7, 11) is -1.01. The third-order valence-corrected chi connectivity index (χ3v) is 13.2. The van der Waals surface area contributed by atoms with Crippen LogP contribution in [0.4, 0.5) is 0 Å². The molecule has 1 heterocycles. The smallest absolute Gasteiger partial charge is 0.261 e. The third kappa shape index (κ3) is 8.47. The third-order valence-electron chi connectivity index (χ3n) is 8.19. The van der Waals surface area contributed by atoms with E-state index in [1.807, 2.05) is 51.1 Å². The molecule has 1 saturated heterocycles. The zero-order valence-electron chi connectivity index (χ0n) is 27.4. The van der Waals surface area contributed by atoms with E-state index in [-0.39, 0.29) is 17.2 Å². The van der Waals surface area contributed by atoms with Crippen LogP contribution in [0.3, 0.4) is 0 Å². The molecule has 4 atom stereocenters. The molecule has 3 aromatic rings. The summed E-state index contributed by atoms with van der Waals surface area (Å²) in [5.41, 5.74) is 1.09. The van der Waals surface area contributed by atoms with Gasteiger partial charge in [-0.05, 0) is 66.7 Å². The Bertz CT molecular complexity index is 1260. The Balaban J connectivity index is 1.40. The standard InChI is InChI=1S/C37H50O6Si/c1-28(40-27-29-21-23-30(39-7)24-22-29)15-14-20-33(38)35-34(42-37(5,6)43-35)25-26-41-44(36(2,3)4,31-16-10-8-11-17-31)32-18-12-9-13-19-32/h8-14,16-24,28,33-35,38H,15,25-27H2,1-7H3/b20-14-/t28-,33?,34+,35-/m1/s1. The van der Waals surface area contributed by atoms with Crippen molar-refractivity contribution in [3.05, 3.63) is 103 Å². The molecule has 0 amide bonds. The van der Waals surface area contributed by atoms with Gasteiger partial charge in [0, 0.05) is 6.61 Å². The van der Waals surface area contributed by atoms with Crippen LogP contribution in [0.5, 0.6) is 5.75 Å². The van der Waals surface area contributed by atoms with E-state index in [2.05, 4.69) is 81.4 Å². The Morgan fingerprint density at radius 3 is 2.05 bits per heavy atom. The Morgan fingerprint density at radius 1 is 0.909 bits per heavy atom. The van der Waals surface area contributed by atoms with Crippen LogP contribution in [0.15, 0.2) is 97.1 Å². The van der Waals surface area contributed by atoms with Gasteiger partial charge in [0.05, 0.1) is 25.9 Å². The molecule has 4 rings (SSSR count). The van der Waals surface area contributed by atoms with Crippen molar-refractivity contribution in [1.29, 1.82) is 0 Å². The number of hydrogen-bond donors (Lipinski definition) is 1. The maximum atomic E-state index is 11.2. The predicted molar refractivity (Wildman–Crippen MR) is 179 cm³/mol. The average Bonchev–Trinajstić information content (AvgIpc) is 3.32. The van der Waals surface area contributed by atoms with Crippen molar-refractivity contribution in [2.24, 2.45) is 0 Å². The normalized spacial score (nSPS) is 20.1. The van der Waals surface area contributed by atoms with Crippen molar-refractivity contribution >= 4 is 18.7 Å². The first-order chi connectivity index (χ1) is 20.9. The molecule has 1 aliphatic rings. The van der Waals surface area contributed by atoms with Crippen molar-refractivity contribution < 1.29 is 28.5 Å². The van der Waals surface area contributed by atoms with Gasteiger partial charge in [0.2, 0.25) is 0 Å². The Labute approximate surface area is 265 Å². The summed E-state index contributed by atoms with van der Waals surface area (Å²) in [5.74, 6) is 0.0314. The van der Waals surface area contributed by atoms with Crippen molar-refractivity contribution in [2.45, 2.75) is 96.2 Å². The zero-order valence-corrected chi connectivity index (χ0v) is 28.4. The van der Waals surface area contributed by atoms with E-state index in [9.17, 15) is 5.11 Å². The van der Waals surface area contributed by atoms with Crippen molar-refractivity contribution in [1.82, 2.24) is 0 Å². The van der Waals surface area contributed by atoms with E-state index in [4.69, 9.17) is 23.4 Å². The SMILES string of the molecule is COc1ccc(CO[C@H](C)C/C=C\C(O)[C@H]2OC(C)(C)O[C@H]2CCO[Si](c2ccccc2)(c2ccccc2)C(C)(C)C)cc1. The van der Waals surface area contributed by atoms with Gasteiger partial charge in [-0.1, -0.05) is 106 Å². The van der Waals surface area contributed by atoms with Gasteiger partial charge in [0.25, 0.3) is 8.32 Å². The van der Waals surface area contributed by atoms with Gasteiger partial charge < -0.3 is 28.5 Å². The number of ether oxygens (including phenoxy) is 4. The van der Waals surface area contributed by atoms with Crippen LogP contribution in [0.25, 0.3) is 0 Å². The lowest BCUT2D eigenvalue weighted by molar-refractivity contribution is -0.153. The van der Waals surface area contributed by atoms with Crippen LogP contribution >= 0.6 is 0 Å². The monoisotopic (exact) mass is 618 g/mol.